The summed E-state index contributed by atoms with van der Waals surface area (Å²) in [5.74, 6) is 0. The van der Waals surface area contributed by atoms with Gasteiger partial charge in [-0.15, -0.1) is 0 Å². The lowest BCUT2D eigenvalue weighted by molar-refractivity contribution is 0.610. The highest BCUT2D eigenvalue weighted by Gasteiger charge is 2.48. The van der Waals surface area contributed by atoms with Gasteiger partial charge < -0.3 is 0 Å². The summed E-state index contributed by atoms with van der Waals surface area (Å²) in [4.78, 5) is 0. The zero-order chi connectivity index (χ0) is 8.60. The van der Waals surface area contributed by atoms with Crippen LogP contribution >= 0.6 is 0 Å². The van der Waals surface area contributed by atoms with E-state index in [2.05, 4.69) is 31.7 Å². The van der Waals surface area contributed by atoms with Gasteiger partial charge in [0.2, 0.25) is 0 Å². The Balaban J connectivity index is 2.33. The molecule has 0 N–H and O–H groups in total. The molecule has 0 aliphatic heterocycles. The molecule has 1 saturated carbocycles. The van der Waals surface area contributed by atoms with Gasteiger partial charge in [0, 0.05) is 0 Å². The fourth-order valence-electron chi connectivity index (χ4n) is 2.38. The molecule has 0 radical (unpaired) electrons. The largest absolute Gasteiger partial charge is 0.0988 e. The Hall–Kier alpha value is -0.780. The highest BCUT2D eigenvalue weighted by atomic mass is 14.5. The number of hydrogen-bond acceptors (Lipinski definition) is 0. The molecule has 12 heavy (non-hydrogen) atoms. The van der Waals surface area contributed by atoms with Crippen LogP contribution in [0.3, 0.4) is 0 Å². The summed E-state index contributed by atoms with van der Waals surface area (Å²) in [7, 11) is 0. The quantitative estimate of drug-likeness (QED) is 0.578. The molecule has 0 saturated heterocycles. The van der Waals surface area contributed by atoms with E-state index in [4.69, 9.17) is 0 Å². The van der Waals surface area contributed by atoms with E-state index in [0.29, 0.717) is 5.41 Å². The maximum absolute atomic E-state index is 3.92. The van der Waals surface area contributed by atoms with Crippen molar-refractivity contribution in [3.8, 4) is 0 Å². The molecule has 0 aromatic rings. The summed E-state index contributed by atoms with van der Waals surface area (Å²) in [5, 5.41) is 0. The van der Waals surface area contributed by atoms with Crippen LogP contribution in [0, 0.1) is 5.41 Å². The van der Waals surface area contributed by atoms with Crippen LogP contribution in [0.5, 0.6) is 0 Å². The van der Waals surface area contributed by atoms with Gasteiger partial charge in [-0.05, 0) is 49.2 Å². The van der Waals surface area contributed by atoms with Crippen LogP contribution in [0.15, 0.2) is 36.0 Å². The molecule has 64 valence electrons. The average Bonchev–Trinajstić information content (AvgIpc) is 2.74. The molecule has 0 aromatic carbocycles. The molecule has 1 fully saturated rings. The van der Waals surface area contributed by atoms with Gasteiger partial charge in [-0.1, -0.05) is 24.8 Å². The molecule has 2 aliphatic carbocycles. The summed E-state index contributed by atoms with van der Waals surface area (Å²) in [6.07, 6.45) is 11.9. The Kier molecular flexibility index (Phi) is 1.71. The molecule has 0 nitrogen and oxygen atoms in total. The molecule has 0 amide bonds. The SMILES string of the molecule is C=CC1=C(/C=C\C)CCC12CC2. The Bertz CT molecular complexity index is 262. The maximum Gasteiger partial charge on any atom is -0.00407 e. The summed E-state index contributed by atoms with van der Waals surface area (Å²) >= 11 is 0. The monoisotopic (exact) mass is 160 g/mol. The highest BCUT2D eigenvalue weighted by Crippen LogP contribution is 2.61. The zero-order valence-corrected chi connectivity index (χ0v) is 7.77. The molecule has 0 aromatic heterocycles. The Labute approximate surface area is 74.7 Å². The van der Waals surface area contributed by atoms with Crippen molar-refractivity contribution in [1.29, 1.82) is 0 Å². The van der Waals surface area contributed by atoms with Crippen LogP contribution in [0.4, 0.5) is 0 Å². The Morgan fingerprint density at radius 1 is 1.33 bits per heavy atom. The normalized spacial score (nSPS) is 25.8. The second-order valence-corrected chi connectivity index (χ2v) is 3.92. The van der Waals surface area contributed by atoms with Crippen molar-refractivity contribution in [3.63, 3.8) is 0 Å². The van der Waals surface area contributed by atoms with Gasteiger partial charge >= 0.3 is 0 Å². The van der Waals surface area contributed by atoms with Crippen molar-refractivity contribution >= 4 is 0 Å². The van der Waals surface area contributed by atoms with Gasteiger partial charge in [0.05, 0.1) is 0 Å². The Morgan fingerprint density at radius 3 is 2.58 bits per heavy atom. The minimum atomic E-state index is 0.594. The van der Waals surface area contributed by atoms with Crippen LogP contribution < -0.4 is 0 Å². The van der Waals surface area contributed by atoms with Gasteiger partial charge in [-0.3, -0.25) is 0 Å². The summed E-state index contributed by atoms with van der Waals surface area (Å²) in [6, 6.07) is 0. The number of rotatable bonds is 2. The van der Waals surface area contributed by atoms with E-state index in [-0.39, 0.29) is 0 Å². The smallest absolute Gasteiger partial charge is 0.00407 e. The molecule has 0 heteroatoms. The van der Waals surface area contributed by atoms with Gasteiger partial charge in [0.1, 0.15) is 0 Å². The number of allylic oxidation sites excluding steroid dienone is 5. The molecule has 1 spiro atoms. The first-order valence-corrected chi connectivity index (χ1v) is 4.81. The second-order valence-electron chi connectivity index (χ2n) is 3.92. The molecule has 0 bridgehead atoms. The van der Waals surface area contributed by atoms with Crippen LogP contribution in [-0.2, 0) is 0 Å². The fraction of sp³-hybridized carbons (Fsp3) is 0.500. The van der Waals surface area contributed by atoms with E-state index in [1.54, 1.807) is 5.57 Å². The van der Waals surface area contributed by atoms with Crippen LogP contribution in [0.1, 0.15) is 32.6 Å². The minimum absolute atomic E-state index is 0.594. The summed E-state index contributed by atoms with van der Waals surface area (Å²) in [6.45, 7) is 6.01. The van der Waals surface area contributed by atoms with Crippen molar-refractivity contribution in [2.24, 2.45) is 5.41 Å². The van der Waals surface area contributed by atoms with E-state index in [9.17, 15) is 0 Å². The Morgan fingerprint density at radius 2 is 2.08 bits per heavy atom. The van der Waals surface area contributed by atoms with Crippen molar-refractivity contribution in [1.82, 2.24) is 0 Å². The predicted octanol–water partition coefficient (Wildman–Crippen LogP) is 3.62. The molecule has 0 atom stereocenters. The average molecular weight is 160 g/mol. The highest BCUT2D eigenvalue weighted by molar-refractivity contribution is 5.44. The number of hydrogen-bond donors (Lipinski definition) is 0. The van der Waals surface area contributed by atoms with E-state index < -0.39 is 0 Å². The predicted molar refractivity (Wildman–Crippen MR) is 52.9 cm³/mol. The van der Waals surface area contributed by atoms with Gasteiger partial charge in [0.15, 0.2) is 0 Å². The minimum Gasteiger partial charge on any atom is -0.0988 e. The van der Waals surface area contributed by atoms with Crippen LogP contribution in [0.25, 0.3) is 0 Å². The zero-order valence-electron chi connectivity index (χ0n) is 7.77. The van der Waals surface area contributed by atoms with Crippen LogP contribution in [-0.4, -0.2) is 0 Å². The third-order valence-corrected chi connectivity index (χ3v) is 3.22. The summed E-state index contributed by atoms with van der Waals surface area (Å²) < 4.78 is 0. The molecule has 2 rings (SSSR count). The third kappa shape index (κ3) is 0.979. The van der Waals surface area contributed by atoms with E-state index in [1.807, 2.05) is 0 Å². The lowest BCUT2D eigenvalue weighted by atomic mass is 9.98. The van der Waals surface area contributed by atoms with E-state index >= 15 is 0 Å². The maximum atomic E-state index is 3.92. The molecule has 0 unspecified atom stereocenters. The standard InChI is InChI=1S/C12H16/c1-3-5-10-6-7-12(8-9-12)11(10)4-2/h3-5H,2,6-9H2,1H3/b5-3-. The van der Waals surface area contributed by atoms with Gasteiger partial charge in [0.25, 0.3) is 0 Å². The molecular formula is C12H16. The van der Waals surface area contributed by atoms with Crippen molar-refractivity contribution < 1.29 is 0 Å². The first kappa shape index (κ1) is 7.85. The van der Waals surface area contributed by atoms with Gasteiger partial charge in [-0.25, -0.2) is 0 Å². The van der Waals surface area contributed by atoms with Gasteiger partial charge in [-0.2, -0.15) is 0 Å². The second kappa shape index (κ2) is 2.62. The van der Waals surface area contributed by atoms with E-state index in [0.717, 1.165) is 0 Å². The summed E-state index contributed by atoms with van der Waals surface area (Å²) in [5.41, 5.74) is 3.67. The first-order valence-electron chi connectivity index (χ1n) is 4.81. The fourth-order valence-corrected chi connectivity index (χ4v) is 2.38. The van der Waals surface area contributed by atoms with Crippen LogP contribution in [0.2, 0.25) is 0 Å². The lowest BCUT2D eigenvalue weighted by Gasteiger charge is -2.07. The topological polar surface area (TPSA) is 0 Å². The third-order valence-electron chi connectivity index (χ3n) is 3.22. The first-order chi connectivity index (χ1) is 5.82. The van der Waals surface area contributed by atoms with Crippen molar-refractivity contribution in [2.75, 3.05) is 0 Å². The van der Waals surface area contributed by atoms with E-state index in [1.165, 1.54) is 31.3 Å². The molecular weight excluding hydrogens is 144 g/mol. The molecule has 2 aliphatic rings. The lowest BCUT2D eigenvalue weighted by Crippen LogP contribution is -1.95. The van der Waals surface area contributed by atoms with Crippen molar-refractivity contribution in [2.45, 2.75) is 32.6 Å². The molecule has 0 heterocycles. The van der Waals surface area contributed by atoms with Crippen molar-refractivity contribution in [3.05, 3.63) is 36.0 Å².